The fourth-order valence-electron chi connectivity index (χ4n) is 2.98. The van der Waals surface area contributed by atoms with Crippen LogP contribution in [0, 0.1) is 0 Å². The summed E-state index contributed by atoms with van der Waals surface area (Å²) in [6.45, 7) is 1.70. The van der Waals surface area contributed by atoms with Gasteiger partial charge >= 0.3 is 17.8 Å². The minimum atomic E-state index is -1.01. The van der Waals surface area contributed by atoms with Gasteiger partial charge in [-0.3, -0.25) is 24.1 Å². The molecule has 0 aromatic rings. The van der Waals surface area contributed by atoms with Gasteiger partial charge in [0.05, 0.1) is 6.54 Å². The van der Waals surface area contributed by atoms with Gasteiger partial charge in [-0.1, -0.05) is 18.6 Å². The normalized spacial score (nSPS) is 17.2. The monoisotopic (exact) mass is 378 g/mol. The lowest BCUT2D eigenvalue weighted by Crippen LogP contribution is -2.44. The van der Waals surface area contributed by atoms with E-state index in [1.165, 1.54) is 5.57 Å². The molecule has 0 spiro atoms. The Morgan fingerprint density at radius 3 is 2.44 bits per heavy atom. The van der Waals surface area contributed by atoms with Crippen molar-refractivity contribution in [2.75, 3.05) is 26.2 Å². The molecule has 2 rings (SSSR count). The van der Waals surface area contributed by atoms with E-state index in [0.29, 0.717) is 17.9 Å². The van der Waals surface area contributed by atoms with Crippen LogP contribution in [0.5, 0.6) is 0 Å². The Bertz CT molecular complexity index is 658. The number of hydrogen-bond donors (Lipinski definition) is 2. The molecule has 0 aromatic heterocycles. The van der Waals surface area contributed by atoms with Crippen LogP contribution in [-0.4, -0.2) is 65.6 Å². The van der Waals surface area contributed by atoms with Crippen LogP contribution in [0.1, 0.15) is 45.4 Å². The van der Waals surface area contributed by atoms with Crippen molar-refractivity contribution in [2.24, 2.45) is 0 Å². The molecular formula is C18H26N4O5. The van der Waals surface area contributed by atoms with E-state index < -0.39 is 30.3 Å². The molecule has 0 atom stereocenters. The summed E-state index contributed by atoms with van der Waals surface area (Å²) in [4.78, 5) is 61.3. The van der Waals surface area contributed by atoms with Crippen molar-refractivity contribution in [2.45, 2.75) is 45.4 Å². The summed E-state index contributed by atoms with van der Waals surface area (Å²) < 4.78 is 0. The molecule has 0 aromatic carbocycles. The van der Waals surface area contributed by atoms with Crippen molar-refractivity contribution < 1.29 is 24.0 Å². The molecule has 1 aliphatic carbocycles. The van der Waals surface area contributed by atoms with Crippen molar-refractivity contribution in [3.05, 3.63) is 11.6 Å². The number of amides is 6. The summed E-state index contributed by atoms with van der Waals surface area (Å²) in [6.07, 6.45) is 7.59. The fourth-order valence-corrected chi connectivity index (χ4v) is 2.98. The minimum Gasteiger partial charge on any atom is -0.355 e. The SMILES string of the molecule is CCCNC(=O)CNC(=O)CN1C(=O)C(=O)N(CCC2=CCCCC2)C1=O. The molecule has 6 amide bonds. The Labute approximate surface area is 158 Å². The number of imide groups is 2. The third-order valence-electron chi connectivity index (χ3n) is 4.50. The van der Waals surface area contributed by atoms with Crippen LogP contribution < -0.4 is 10.6 Å². The van der Waals surface area contributed by atoms with Crippen LogP contribution in [0.4, 0.5) is 4.79 Å². The first-order valence-corrected chi connectivity index (χ1v) is 9.32. The van der Waals surface area contributed by atoms with E-state index in [1.54, 1.807) is 0 Å². The molecule has 0 radical (unpaired) electrons. The second-order valence-corrected chi connectivity index (χ2v) is 6.62. The average molecular weight is 378 g/mol. The molecular weight excluding hydrogens is 352 g/mol. The van der Waals surface area contributed by atoms with Crippen molar-refractivity contribution >= 4 is 29.7 Å². The zero-order chi connectivity index (χ0) is 19.8. The van der Waals surface area contributed by atoms with E-state index in [2.05, 4.69) is 16.7 Å². The molecule has 9 heteroatoms. The maximum atomic E-state index is 12.3. The first kappa shape index (κ1) is 20.6. The van der Waals surface area contributed by atoms with Gasteiger partial charge in [0.15, 0.2) is 0 Å². The minimum absolute atomic E-state index is 0.132. The molecule has 2 N–H and O–H groups in total. The highest BCUT2D eigenvalue weighted by Crippen LogP contribution is 2.21. The quantitative estimate of drug-likeness (QED) is 0.340. The lowest BCUT2D eigenvalue weighted by Gasteiger charge is -2.17. The summed E-state index contributed by atoms with van der Waals surface area (Å²) in [5.41, 5.74) is 1.18. The Morgan fingerprint density at radius 2 is 1.78 bits per heavy atom. The molecule has 1 saturated heterocycles. The lowest BCUT2D eigenvalue weighted by atomic mass is 9.97. The smallest absolute Gasteiger partial charge is 0.334 e. The summed E-state index contributed by atoms with van der Waals surface area (Å²) in [5, 5.41) is 4.93. The van der Waals surface area contributed by atoms with E-state index >= 15 is 0 Å². The third-order valence-corrected chi connectivity index (χ3v) is 4.50. The van der Waals surface area contributed by atoms with Crippen LogP contribution in [0.25, 0.3) is 0 Å². The third kappa shape index (κ3) is 5.63. The van der Waals surface area contributed by atoms with Gasteiger partial charge in [-0.15, -0.1) is 0 Å². The van der Waals surface area contributed by atoms with Crippen LogP contribution in [0.3, 0.4) is 0 Å². The molecule has 1 aliphatic heterocycles. The van der Waals surface area contributed by atoms with Crippen molar-refractivity contribution in [3.8, 4) is 0 Å². The van der Waals surface area contributed by atoms with Crippen molar-refractivity contribution in [1.82, 2.24) is 20.4 Å². The molecule has 1 heterocycles. The predicted octanol–water partition coefficient (Wildman–Crippen LogP) is 0.310. The van der Waals surface area contributed by atoms with E-state index in [-0.39, 0.29) is 19.0 Å². The Balaban J connectivity index is 1.84. The molecule has 0 unspecified atom stereocenters. The summed E-state index contributed by atoms with van der Waals surface area (Å²) in [7, 11) is 0. The first-order chi connectivity index (χ1) is 12.9. The number of allylic oxidation sites excluding steroid dienone is 1. The van der Waals surface area contributed by atoms with Crippen molar-refractivity contribution in [1.29, 1.82) is 0 Å². The first-order valence-electron chi connectivity index (χ1n) is 9.32. The zero-order valence-corrected chi connectivity index (χ0v) is 15.6. The van der Waals surface area contributed by atoms with Gasteiger partial charge in [0.1, 0.15) is 6.54 Å². The number of carbonyl (C=O) groups is 5. The van der Waals surface area contributed by atoms with Gasteiger partial charge in [-0.2, -0.15) is 0 Å². The Hall–Kier alpha value is -2.71. The van der Waals surface area contributed by atoms with Gasteiger partial charge in [-0.25, -0.2) is 9.69 Å². The number of rotatable bonds is 9. The van der Waals surface area contributed by atoms with E-state index in [1.807, 2.05) is 6.92 Å². The average Bonchev–Trinajstić information content (AvgIpc) is 2.87. The second-order valence-electron chi connectivity index (χ2n) is 6.62. The molecule has 0 saturated carbocycles. The number of urea groups is 1. The number of nitrogens with zero attached hydrogens (tertiary/aromatic N) is 2. The number of carbonyl (C=O) groups excluding carboxylic acids is 5. The molecule has 2 aliphatic rings. The zero-order valence-electron chi connectivity index (χ0n) is 15.6. The summed E-state index contributed by atoms with van der Waals surface area (Å²) >= 11 is 0. The topological polar surface area (TPSA) is 116 Å². The van der Waals surface area contributed by atoms with E-state index in [0.717, 1.165) is 37.0 Å². The molecule has 27 heavy (non-hydrogen) atoms. The molecule has 1 fully saturated rings. The van der Waals surface area contributed by atoms with Crippen LogP contribution in [-0.2, 0) is 19.2 Å². The van der Waals surface area contributed by atoms with Gasteiger partial charge in [0, 0.05) is 13.1 Å². The maximum absolute atomic E-state index is 12.3. The number of hydrogen-bond acceptors (Lipinski definition) is 5. The maximum Gasteiger partial charge on any atom is 0.334 e. The van der Waals surface area contributed by atoms with Gasteiger partial charge < -0.3 is 10.6 Å². The van der Waals surface area contributed by atoms with E-state index in [4.69, 9.17) is 0 Å². The highest BCUT2D eigenvalue weighted by molar-refractivity contribution is 6.45. The van der Waals surface area contributed by atoms with Crippen LogP contribution >= 0.6 is 0 Å². The molecule has 9 nitrogen and oxygen atoms in total. The van der Waals surface area contributed by atoms with E-state index in [9.17, 15) is 24.0 Å². The van der Waals surface area contributed by atoms with Gasteiger partial charge in [-0.05, 0) is 38.5 Å². The standard InChI is InChI=1S/C18H26N4O5/c1-2-9-19-14(23)11-20-15(24)12-22-17(26)16(25)21(18(22)27)10-8-13-6-4-3-5-7-13/h6H,2-5,7-12H2,1H3,(H,19,23)(H,20,24). The van der Waals surface area contributed by atoms with Crippen LogP contribution in [0.15, 0.2) is 11.6 Å². The molecule has 148 valence electrons. The second kappa shape index (κ2) is 9.84. The molecule has 0 bridgehead atoms. The highest BCUT2D eigenvalue weighted by atomic mass is 16.2. The number of nitrogens with one attached hydrogen (secondary N) is 2. The van der Waals surface area contributed by atoms with Gasteiger partial charge in [0.25, 0.3) is 0 Å². The largest absolute Gasteiger partial charge is 0.355 e. The summed E-state index contributed by atoms with van der Waals surface area (Å²) in [5.74, 6) is -2.95. The van der Waals surface area contributed by atoms with Crippen LogP contribution in [0.2, 0.25) is 0 Å². The Kier molecular flexibility index (Phi) is 7.51. The fraction of sp³-hybridized carbons (Fsp3) is 0.611. The highest BCUT2D eigenvalue weighted by Gasteiger charge is 2.44. The predicted molar refractivity (Wildman–Crippen MR) is 96.3 cm³/mol. The van der Waals surface area contributed by atoms with Crippen molar-refractivity contribution in [3.63, 3.8) is 0 Å². The summed E-state index contributed by atoms with van der Waals surface area (Å²) in [6, 6.07) is -0.785. The van der Waals surface area contributed by atoms with Gasteiger partial charge in [0.2, 0.25) is 11.8 Å². The lowest BCUT2D eigenvalue weighted by molar-refractivity contribution is -0.144. The Morgan fingerprint density at radius 1 is 1.04 bits per heavy atom.